The Bertz CT molecular complexity index is 790. The van der Waals surface area contributed by atoms with Crippen molar-refractivity contribution < 1.29 is 4.79 Å². The lowest BCUT2D eigenvalue weighted by atomic mass is 10.0. The summed E-state index contributed by atoms with van der Waals surface area (Å²) < 4.78 is 0. The Morgan fingerprint density at radius 1 is 1.28 bits per heavy atom. The van der Waals surface area contributed by atoms with Gasteiger partial charge in [0, 0.05) is 31.5 Å². The van der Waals surface area contributed by atoms with Crippen molar-refractivity contribution in [2.75, 3.05) is 18.0 Å². The molecule has 0 bridgehead atoms. The van der Waals surface area contributed by atoms with E-state index < -0.39 is 0 Å². The van der Waals surface area contributed by atoms with Gasteiger partial charge in [-0.1, -0.05) is 38.1 Å². The number of nitrogens with one attached hydrogen (secondary N) is 1. The zero-order chi connectivity index (χ0) is 17.8. The van der Waals surface area contributed by atoms with Gasteiger partial charge in [0.15, 0.2) is 0 Å². The Labute approximate surface area is 148 Å². The minimum absolute atomic E-state index is 0.128. The number of carbonyl (C=O) groups is 1. The number of amides is 1. The molecule has 2 aromatic rings. The van der Waals surface area contributed by atoms with E-state index in [4.69, 9.17) is 0 Å². The van der Waals surface area contributed by atoms with E-state index in [-0.39, 0.29) is 11.8 Å². The highest BCUT2D eigenvalue weighted by molar-refractivity contribution is 5.95. The van der Waals surface area contributed by atoms with E-state index in [9.17, 15) is 4.79 Å². The van der Waals surface area contributed by atoms with Crippen molar-refractivity contribution in [3.8, 4) is 0 Å². The molecule has 0 saturated heterocycles. The lowest BCUT2D eigenvalue weighted by molar-refractivity contribution is 0.0948. The molecule has 5 heteroatoms. The minimum Gasteiger partial charge on any atom is -0.364 e. The molecular weight excluding hydrogens is 312 g/mol. The molecule has 1 aliphatic heterocycles. The number of aromatic nitrogens is 2. The van der Waals surface area contributed by atoms with Gasteiger partial charge >= 0.3 is 0 Å². The highest BCUT2D eigenvalue weighted by Gasteiger charge is 2.16. The van der Waals surface area contributed by atoms with Crippen LogP contribution in [0.5, 0.6) is 0 Å². The molecule has 0 fully saturated rings. The van der Waals surface area contributed by atoms with E-state index in [1.54, 1.807) is 6.20 Å². The van der Waals surface area contributed by atoms with Gasteiger partial charge in [0.25, 0.3) is 5.91 Å². The molecular formula is C20H24N4O. The van der Waals surface area contributed by atoms with E-state index >= 15 is 0 Å². The lowest BCUT2D eigenvalue weighted by Gasteiger charge is -2.18. The predicted octanol–water partition coefficient (Wildman–Crippen LogP) is 3.21. The highest BCUT2D eigenvalue weighted by Crippen LogP contribution is 2.19. The average Bonchev–Trinajstić information content (AvgIpc) is 3.14. The summed E-state index contributed by atoms with van der Waals surface area (Å²) in [6, 6.07) is 8.29. The average molecular weight is 336 g/mol. The summed E-state index contributed by atoms with van der Waals surface area (Å²) in [4.78, 5) is 23.5. The third kappa shape index (κ3) is 4.05. The standard InChI is InChI=1S/C20H24N4O/c1-14(2)19-18(13-21-15(3)23-19)20(25)22-12-16-7-6-8-17(11-16)24-9-4-5-10-24/h4-8,11,13-14H,9-10,12H2,1-3H3,(H,22,25). The van der Waals surface area contributed by atoms with Gasteiger partial charge in [-0.25, -0.2) is 9.97 Å². The van der Waals surface area contributed by atoms with Gasteiger partial charge in [-0.3, -0.25) is 4.79 Å². The Balaban J connectivity index is 1.70. The number of rotatable bonds is 5. The van der Waals surface area contributed by atoms with Gasteiger partial charge in [-0.05, 0) is 30.5 Å². The van der Waals surface area contributed by atoms with Crippen LogP contribution in [0.15, 0.2) is 42.6 Å². The van der Waals surface area contributed by atoms with E-state index in [1.165, 1.54) is 5.69 Å². The Morgan fingerprint density at radius 3 is 2.76 bits per heavy atom. The van der Waals surface area contributed by atoms with Crippen LogP contribution < -0.4 is 10.2 Å². The summed E-state index contributed by atoms with van der Waals surface area (Å²) in [5.41, 5.74) is 3.61. The first-order chi connectivity index (χ1) is 12.0. The second-order valence-electron chi connectivity index (χ2n) is 6.60. The van der Waals surface area contributed by atoms with Crippen molar-refractivity contribution in [1.29, 1.82) is 0 Å². The third-order valence-electron chi connectivity index (χ3n) is 4.28. The van der Waals surface area contributed by atoms with Crippen LogP contribution in [-0.4, -0.2) is 29.0 Å². The summed E-state index contributed by atoms with van der Waals surface area (Å²) in [6.45, 7) is 8.27. The number of benzene rings is 1. The van der Waals surface area contributed by atoms with E-state index in [2.05, 4.69) is 44.5 Å². The molecule has 5 nitrogen and oxygen atoms in total. The number of aryl methyl sites for hydroxylation is 1. The molecule has 0 spiro atoms. The maximum atomic E-state index is 12.6. The molecule has 0 aliphatic carbocycles. The van der Waals surface area contributed by atoms with Crippen molar-refractivity contribution in [2.24, 2.45) is 0 Å². The first-order valence-electron chi connectivity index (χ1n) is 8.65. The Hall–Kier alpha value is -2.69. The van der Waals surface area contributed by atoms with Crippen LogP contribution in [0.3, 0.4) is 0 Å². The van der Waals surface area contributed by atoms with Gasteiger partial charge in [0.05, 0.1) is 11.3 Å². The first-order valence-corrected chi connectivity index (χ1v) is 8.65. The molecule has 0 atom stereocenters. The molecule has 130 valence electrons. The van der Waals surface area contributed by atoms with E-state index in [0.29, 0.717) is 17.9 Å². The number of carbonyl (C=O) groups excluding carboxylic acids is 1. The number of hydrogen-bond acceptors (Lipinski definition) is 4. The molecule has 3 rings (SSSR count). The second kappa shape index (κ2) is 7.47. The molecule has 0 saturated carbocycles. The fourth-order valence-corrected chi connectivity index (χ4v) is 2.93. The number of hydrogen-bond donors (Lipinski definition) is 1. The van der Waals surface area contributed by atoms with Crippen LogP contribution >= 0.6 is 0 Å². The third-order valence-corrected chi connectivity index (χ3v) is 4.28. The largest absolute Gasteiger partial charge is 0.364 e. The molecule has 0 unspecified atom stereocenters. The van der Waals surface area contributed by atoms with E-state index in [1.807, 2.05) is 32.9 Å². The lowest BCUT2D eigenvalue weighted by Crippen LogP contribution is -2.25. The van der Waals surface area contributed by atoms with Crippen molar-refractivity contribution in [1.82, 2.24) is 15.3 Å². The molecule has 25 heavy (non-hydrogen) atoms. The minimum atomic E-state index is -0.128. The van der Waals surface area contributed by atoms with Crippen molar-refractivity contribution >= 4 is 11.6 Å². The summed E-state index contributed by atoms with van der Waals surface area (Å²) in [5, 5.41) is 2.99. The summed E-state index contributed by atoms with van der Waals surface area (Å²) in [7, 11) is 0. The van der Waals surface area contributed by atoms with Crippen LogP contribution in [0.1, 0.15) is 47.2 Å². The van der Waals surface area contributed by atoms with Gasteiger partial charge < -0.3 is 10.2 Å². The normalized spacial score (nSPS) is 13.5. The topological polar surface area (TPSA) is 58.1 Å². The summed E-state index contributed by atoms with van der Waals surface area (Å²) in [5.74, 6) is 0.734. The van der Waals surface area contributed by atoms with Crippen LogP contribution in [-0.2, 0) is 6.54 Å². The van der Waals surface area contributed by atoms with Gasteiger partial charge in [-0.15, -0.1) is 0 Å². The predicted molar refractivity (Wildman–Crippen MR) is 99.8 cm³/mol. The number of anilines is 1. The second-order valence-corrected chi connectivity index (χ2v) is 6.60. The van der Waals surface area contributed by atoms with Crippen molar-refractivity contribution in [3.63, 3.8) is 0 Å². The van der Waals surface area contributed by atoms with Crippen LogP contribution in [0.25, 0.3) is 0 Å². The monoisotopic (exact) mass is 336 g/mol. The van der Waals surface area contributed by atoms with Crippen molar-refractivity contribution in [3.05, 3.63) is 65.3 Å². The van der Waals surface area contributed by atoms with Crippen LogP contribution in [0.4, 0.5) is 5.69 Å². The Kier molecular flexibility index (Phi) is 5.12. The van der Waals surface area contributed by atoms with Crippen LogP contribution in [0.2, 0.25) is 0 Å². The van der Waals surface area contributed by atoms with Gasteiger partial charge in [0.1, 0.15) is 5.82 Å². The SMILES string of the molecule is Cc1ncc(C(=O)NCc2cccc(N3CC=CC3)c2)c(C(C)C)n1. The maximum Gasteiger partial charge on any atom is 0.254 e. The summed E-state index contributed by atoms with van der Waals surface area (Å²) >= 11 is 0. The zero-order valence-electron chi connectivity index (χ0n) is 15.0. The fraction of sp³-hybridized carbons (Fsp3) is 0.350. The first kappa shape index (κ1) is 17.1. The fourth-order valence-electron chi connectivity index (χ4n) is 2.93. The Morgan fingerprint density at radius 2 is 2.04 bits per heavy atom. The molecule has 0 radical (unpaired) electrons. The smallest absolute Gasteiger partial charge is 0.254 e. The molecule has 1 N–H and O–H groups in total. The zero-order valence-corrected chi connectivity index (χ0v) is 15.0. The molecule has 2 heterocycles. The van der Waals surface area contributed by atoms with Crippen LogP contribution in [0, 0.1) is 6.92 Å². The molecule has 1 aromatic carbocycles. The van der Waals surface area contributed by atoms with Crippen molar-refractivity contribution in [2.45, 2.75) is 33.2 Å². The highest BCUT2D eigenvalue weighted by atomic mass is 16.1. The molecule has 1 aliphatic rings. The quantitative estimate of drug-likeness (QED) is 0.852. The number of nitrogens with zero attached hydrogens (tertiary/aromatic N) is 3. The van der Waals surface area contributed by atoms with E-state index in [0.717, 1.165) is 24.3 Å². The maximum absolute atomic E-state index is 12.6. The molecule has 1 amide bonds. The van der Waals surface area contributed by atoms with Gasteiger partial charge in [0.2, 0.25) is 0 Å². The summed E-state index contributed by atoms with van der Waals surface area (Å²) in [6.07, 6.45) is 5.96. The molecule has 1 aromatic heterocycles. The van der Waals surface area contributed by atoms with Gasteiger partial charge in [-0.2, -0.15) is 0 Å².